The molecule has 0 unspecified atom stereocenters. The van der Waals surface area contributed by atoms with Crippen LogP contribution in [0.15, 0.2) is 47.3 Å². The third-order valence-electron chi connectivity index (χ3n) is 2.43. The van der Waals surface area contributed by atoms with Crippen LogP contribution in [-0.2, 0) is 4.84 Å². The predicted molar refractivity (Wildman–Crippen MR) is 71.5 cm³/mol. The number of thiophene rings is 1. The van der Waals surface area contributed by atoms with Gasteiger partial charge in [0.2, 0.25) is 0 Å². The van der Waals surface area contributed by atoms with Gasteiger partial charge in [0, 0.05) is 27.7 Å². The van der Waals surface area contributed by atoms with E-state index >= 15 is 0 Å². The number of hydrogen-bond acceptors (Lipinski definition) is 4. The monoisotopic (exact) mass is 308 g/mol. The number of rotatable bonds is 2. The minimum atomic E-state index is -0.0141. The molecule has 0 aliphatic carbocycles. The summed E-state index contributed by atoms with van der Waals surface area (Å²) in [6.45, 7) is 0. The molecule has 0 aromatic carbocycles. The minimum absolute atomic E-state index is 0.0141. The maximum absolute atomic E-state index is 5.41. The Labute approximate surface area is 111 Å². The number of hydrogen-bond donors (Lipinski definition) is 1. The summed E-state index contributed by atoms with van der Waals surface area (Å²) in [7, 11) is 0. The highest BCUT2D eigenvalue weighted by Crippen LogP contribution is 2.35. The first-order valence-corrected chi connectivity index (χ1v) is 6.73. The normalized spacial score (nSPS) is 18.9. The van der Waals surface area contributed by atoms with E-state index in [9.17, 15) is 0 Å². The fraction of sp³-hybridized carbons (Fsp3) is 0.0833. The van der Waals surface area contributed by atoms with Gasteiger partial charge in [-0.15, -0.1) is 11.3 Å². The second-order valence-corrected chi connectivity index (χ2v) is 5.57. The van der Waals surface area contributed by atoms with Gasteiger partial charge in [0.1, 0.15) is 10.7 Å². The van der Waals surface area contributed by atoms with Gasteiger partial charge >= 0.3 is 0 Å². The zero-order chi connectivity index (χ0) is 11.7. The van der Waals surface area contributed by atoms with Crippen LogP contribution in [-0.4, -0.2) is 4.98 Å². The van der Waals surface area contributed by atoms with Crippen molar-refractivity contribution in [2.45, 2.75) is 6.10 Å². The van der Waals surface area contributed by atoms with Crippen molar-refractivity contribution in [1.82, 2.24) is 10.5 Å². The summed E-state index contributed by atoms with van der Waals surface area (Å²) < 4.78 is 0.874. The summed E-state index contributed by atoms with van der Waals surface area (Å²) in [5.41, 5.74) is 3.93. The molecule has 86 valence electrons. The lowest BCUT2D eigenvalue weighted by Crippen LogP contribution is -2.03. The Morgan fingerprint density at radius 2 is 2.29 bits per heavy atom. The highest BCUT2D eigenvalue weighted by atomic mass is 79.9. The van der Waals surface area contributed by atoms with Crippen LogP contribution < -0.4 is 5.48 Å². The molecule has 1 aliphatic heterocycles. The second-order valence-electron chi connectivity index (χ2n) is 3.60. The van der Waals surface area contributed by atoms with Crippen molar-refractivity contribution in [2.75, 3.05) is 0 Å². The summed E-state index contributed by atoms with van der Waals surface area (Å²) in [6, 6.07) is 8.18. The van der Waals surface area contributed by atoms with Crippen molar-refractivity contribution in [3.63, 3.8) is 0 Å². The molecule has 3 rings (SSSR count). The molecule has 0 fully saturated rings. The number of aromatic nitrogens is 1. The number of halogens is 1. The fourth-order valence-corrected chi connectivity index (χ4v) is 2.96. The topological polar surface area (TPSA) is 34.1 Å². The van der Waals surface area contributed by atoms with E-state index in [4.69, 9.17) is 4.84 Å². The van der Waals surface area contributed by atoms with Crippen LogP contribution in [0.25, 0.3) is 10.4 Å². The molecular formula is C12H9BrN2OS. The highest BCUT2D eigenvalue weighted by Gasteiger charge is 2.18. The predicted octanol–water partition coefficient (Wildman–Crippen LogP) is 3.62. The van der Waals surface area contributed by atoms with E-state index in [0.717, 1.165) is 10.2 Å². The Kier molecular flexibility index (Phi) is 2.96. The zero-order valence-electron chi connectivity index (χ0n) is 8.76. The molecule has 2 aromatic rings. The molecule has 17 heavy (non-hydrogen) atoms. The molecule has 0 saturated heterocycles. The van der Waals surface area contributed by atoms with Gasteiger partial charge in [-0.1, -0.05) is 6.07 Å². The Morgan fingerprint density at radius 3 is 3.00 bits per heavy atom. The first kappa shape index (κ1) is 11.0. The maximum Gasteiger partial charge on any atom is 0.141 e. The molecule has 0 amide bonds. The molecule has 0 bridgehead atoms. The van der Waals surface area contributed by atoms with E-state index in [-0.39, 0.29) is 6.10 Å². The Bertz CT molecular complexity index is 553. The molecule has 0 spiro atoms. The quantitative estimate of drug-likeness (QED) is 0.860. The summed E-state index contributed by atoms with van der Waals surface area (Å²) >= 11 is 5.06. The third kappa shape index (κ3) is 2.26. The number of nitrogens with one attached hydrogen (secondary N) is 1. The second kappa shape index (κ2) is 4.60. The van der Waals surface area contributed by atoms with Crippen LogP contribution >= 0.6 is 27.3 Å². The van der Waals surface area contributed by atoms with Crippen molar-refractivity contribution in [2.24, 2.45) is 0 Å². The van der Waals surface area contributed by atoms with Crippen LogP contribution in [0.1, 0.15) is 11.0 Å². The Hall–Kier alpha value is -1.17. The standard InChI is InChI=1S/C12H9BrN2OS/c13-12-6-9(16-15-12)11-4-3-10(17-11)8-2-1-5-14-7-8/h1-7,9,15H/t9-/m1/s1. The fourth-order valence-electron chi connectivity index (χ4n) is 1.63. The van der Waals surface area contributed by atoms with E-state index < -0.39 is 0 Å². The molecule has 2 aromatic heterocycles. The molecule has 0 radical (unpaired) electrons. The van der Waals surface area contributed by atoms with E-state index in [2.05, 4.69) is 44.6 Å². The SMILES string of the molecule is BrC1=C[C@H](c2ccc(-c3cccnc3)s2)ON1. The van der Waals surface area contributed by atoms with Gasteiger partial charge in [0.05, 0.1) is 0 Å². The highest BCUT2D eigenvalue weighted by molar-refractivity contribution is 9.11. The van der Waals surface area contributed by atoms with Gasteiger partial charge in [-0.25, -0.2) is 0 Å². The van der Waals surface area contributed by atoms with E-state index in [1.54, 1.807) is 17.5 Å². The van der Waals surface area contributed by atoms with Crippen LogP contribution in [0.3, 0.4) is 0 Å². The molecule has 3 nitrogen and oxygen atoms in total. The van der Waals surface area contributed by atoms with Gasteiger partial charge in [-0.2, -0.15) is 0 Å². The molecular weight excluding hydrogens is 300 g/mol. The van der Waals surface area contributed by atoms with Crippen LogP contribution in [0.4, 0.5) is 0 Å². The molecule has 1 N–H and O–H groups in total. The van der Waals surface area contributed by atoms with Gasteiger partial charge in [0.25, 0.3) is 0 Å². The number of nitrogens with zero attached hydrogens (tertiary/aromatic N) is 1. The Balaban J connectivity index is 1.89. The summed E-state index contributed by atoms with van der Waals surface area (Å²) in [5.74, 6) is 0. The van der Waals surface area contributed by atoms with E-state index in [0.29, 0.717) is 0 Å². The summed E-state index contributed by atoms with van der Waals surface area (Å²) in [6.07, 6.45) is 5.63. The van der Waals surface area contributed by atoms with Crippen molar-refractivity contribution in [1.29, 1.82) is 0 Å². The van der Waals surface area contributed by atoms with Crippen molar-refractivity contribution in [3.8, 4) is 10.4 Å². The zero-order valence-corrected chi connectivity index (χ0v) is 11.2. The molecule has 3 heterocycles. The lowest BCUT2D eigenvalue weighted by molar-refractivity contribution is 0.0477. The first-order valence-electron chi connectivity index (χ1n) is 5.12. The van der Waals surface area contributed by atoms with E-state index in [1.165, 1.54) is 9.75 Å². The van der Waals surface area contributed by atoms with E-state index in [1.807, 2.05) is 18.3 Å². The Morgan fingerprint density at radius 1 is 1.35 bits per heavy atom. The number of hydroxylamine groups is 1. The first-order chi connectivity index (χ1) is 8.33. The van der Waals surface area contributed by atoms with Gasteiger partial charge in [0.15, 0.2) is 0 Å². The van der Waals surface area contributed by atoms with Crippen molar-refractivity contribution in [3.05, 3.63) is 52.2 Å². The third-order valence-corrected chi connectivity index (χ3v) is 4.06. The smallest absolute Gasteiger partial charge is 0.141 e. The summed E-state index contributed by atoms with van der Waals surface area (Å²) in [5, 5.41) is 0. The largest absolute Gasteiger partial charge is 0.264 e. The average molecular weight is 309 g/mol. The van der Waals surface area contributed by atoms with Crippen molar-refractivity contribution >= 4 is 27.3 Å². The molecule has 1 aliphatic rings. The molecule has 1 atom stereocenters. The summed E-state index contributed by atoms with van der Waals surface area (Å²) in [4.78, 5) is 11.9. The van der Waals surface area contributed by atoms with Crippen LogP contribution in [0.2, 0.25) is 0 Å². The molecule has 0 saturated carbocycles. The maximum atomic E-state index is 5.41. The lowest BCUT2D eigenvalue weighted by atomic mass is 10.2. The van der Waals surface area contributed by atoms with Crippen LogP contribution in [0.5, 0.6) is 0 Å². The number of pyridine rings is 1. The minimum Gasteiger partial charge on any atom is -0.264 e. The molecule has 5 heteroatoms. The van der Waals surface area contributed by atoms with Crippen molar-refractivity contribution < 1.29 is 4.84 Å². The average Bonchev–Trinajstić information content (AvgIpc) is 2.98. The van der Waals surface area contributed by atoms with Crippen LogP contribution in [0, 0.1) is 0 Å². The van der Waals surface area contributed by atoms with Gasteiger partial charge < -0.3 is 0 Å². The van der Waals surface area contributed by atoms with Gasteiger partial charge in [-0.3, -0.25) is 15.3 Å². The lowest BCUT2D eigenvalue weighted by Gasteiger charge is -2.03. The van der Waals surface area contributed by atoms with Gasteiger partial charge in [-0.05, 0) is 40.2 Å².